The van der Waals surface area contributed by atoms with Gasteiger partial charge in [0.1, 0.15) is 23.9 Å². The fourth-order valence-electron chi connectivity index (χ4n) is 3.46. The zero-order valence-corrected chi connectivity index (χ0v) is 21.6. The van der Waals surface area contributed by atoms with Gasteiger partial charge in [0.05, 0.1) is 6.04 Å². The third-order valence-corrected chi connectivity index (χ3v) is 5.62. The van der Waals surface area contributed by atoms with E-state index in [1.807, 2.05) is 0 Å². The molecule has 1 aromatic carbocycles. The third kappa shape index (κ3) is 12.4. The van der Waals surface area contributed by atoms with Gasteiger partial charge in [-0.2, -0.15) is 0 Å². The topological polar surface area (TPSA) is 261 Å². The fourth-order valence-corrected chi connectivity index (χ4v) is 3.46. The average Bonchev–Trinajstić information content (AvgIpc) is 2.85. The Bertz CT molecular complexity index is 952. The molecule has 0 spiro atoms. The Labute approximate surface area is 221 Å². The van der Waals surface area contributed by atoms with E-state index >= 15 is 0 Å². The van der Waals surface area contributed by atoms with E-state index in [9.17, 15) is 29.4 Å². The molecule has 1 aromatic rings. The largest absolute Gasteiger partial charge is 0.508 e. The number of hydrogen-bond acceptors (Lipinski definition) is 8. The highest BCUT2D eigenvalue weighted by molar-refractivity contribution is 5.93. The van der Waals surface area contributed by atoms with Crippen LogP contribution < -0.4 is 38.9 Å². The van der Waals surface area contributed by atoms with Crippen LogP contribution in [0.15, 0.2) is 29.3 Å². The number of unbranched alkanes of at least 4 members (excludes halogenated alkanes) is 1. The summed E-state index contributed by atoms with van der Waals surface area (Å²) in [6.07, 6.45) is 1.97. The molecule has 0 aromatic heterocycles. The number of carboxylic acid groups (broad SMARTS) is 1. The second-order valence-corrected chi connectivity index (χ2v) is 8.90. The predicted molar refractivity (Wildman–Crippen MR) is 142 cm³/mol. The molecule has 14 nitrogen and oxygen atoms in total. The molecule has 0 aliphatic rings. The Balaban J connectivity index is 2.82. The van der Waals surface area contributed by atoms with E-state index < -0.39 is 47.9 Å². The molecule has 0 saturated carbocycles. The van der Waals surface area contributed by atoms with E-state index in [1.165, 1.54) is 19.1 Å². The third-order valence-electron chi connectivity index (χ3n) is 5.62. The first-order valence-electron chi connectivity index (χ1n) is 12.4. The van der Waals surface area contributed by atoms with Crippen molar-refractivity contribution in [2.24, 2.45) is 27.9 Å². The van der Waals surface area contributed by atoms with Crippen LogP contribution in [0, 0.1) is 0 Å². The molecule has 13 N–H and O–H groups in total. The molecule has 4 atom stereocenters. The average molecular weight is 537 g/mol. The summed E-state index contributed by atoms with van der Waals surface area (Å²) in [5.41, 5.74) is 22.8. The molecule has 0 radical (unpaired) electrons. The number of hydrogen-bond donors (Lipinski definition) is 9. The van der Waals surface area contributed by atoms with Crippen molar-refractivity contribution in [1.82, 2.24) is 16.0 Å². The van der Waals surface area contributed by atoms with Gasteiger partial charge in [0, 0.05) is 6.54 Å². The first-order chi connectivity index (χ1) is 17.9. The van der Waals surface area contributed by atoms with Gasteiger partial charge in [0.15, 0.2) is 5.96 Å². The number of benzene rings is 1. The van der Waals surface area contributed by atoms with Crippen LogP contribution >= 0.6 is 0 Å². The summed E-state index contributed by atoms with van der Waals surface area (Å²) in [6, 6.07) is 1.95. The molecule has 0 aliphatic carbocycles. The van der Waals surface area contributed by atoms with Crippen LogP contribution in [0.5, 0.6) is 5.75 Å². The number of nitrogens with one attached hydrogen (secondary N) is 3. The summed E-state index contributed by atoms with van der Waals surface area (Å²) in [5, 5.41) is 26.3. The molecule has 0 bridgehead atoms. The molecule has 0 heterocycles. The number of aliphatic imine (C=N–C) groups is 1. The maximum Gasteiger partial charge on any atom is 0.326 e. The summed E-state index contributed by atoms with van der Waals surface area (Å²) in [6.45, 7) is 2.02. The number of nitrogens with zero attached hydrogens (tertiary/aromatic N) is 1. The number of rotatable bonds is 17. The van der Waals surface area contributed by atoms with Gasteiger partial charge in [-0.15, -0.1) is 0 Å². The highest BCUT2D eigenvalue weighted by Gasteiger charge is 2.28. The Hall–Kier alpha value is -3.91. The van der Waals surface area contributed by atoms with Crippen molar-refractivity contribution in [3.8, 4) is 5.75 Å². The SMILES string of the molecule is CC(NC(=O)C(CCCN=C(N)N)NC(=O)C(N)Cc1ccc(O)cc1)C(=O)NC(CCCCN)C(=O)O. The maximum absolute atomic E-state index is 13.0. The number of amides is 3. The Morgan fingerprint density at radius 1 is 0.895 bits per heavy atom. The van der Waals surface area contributed by atoms with Crippen molar-refractivity contribution in [3.63, 3.8) is 0 Å². The maximum atomic E-state index is 13.0. The molecule has 1 rings (SSSR count). The number of phenolic OH excluding ortho intramolecular Hbond substituents is 1. The van der Waals surface area contributed by atoms with Gasteiger partial charge in [-0.3, -0.25) is 19.4 Å². The van der Waals surface area contributed by atoms with Gasteiger partial charge in [-0.05, 0) is 69.7 Å². The Morgan fingerprint density at radius 2 is 1.50 bits per heavy atom. The number of carbonyl (C=O) groups is 4. The normalized spacial score (nSPS) is 13.9. The lowest BCUT2D eigenvalue weighted by Gasteiger charge is -2.23. The lowest BCUT2D eigenvalue weighted by atomic mass is 10.0. The number of phenols is 1. The van der Waals surface area contributed by atoms with Crippen LogP contribution in [-0.4, -0.2) is 77.1 Å². The summed E-state index contributed by atoms with van der Waals surface area (Å²) in [7, 11) is 0. The van der Waals surface area contributed by atoms with E-state index in [0.717, 1.165) is 0 Å². The van der Waals surface area contributed by atoms with Crippen LogP contribution in [0.1, 0.15) is 44.6 Å². The van der Waals surface area contributed by atoms with Crippen LogP contribution in [0.2, 0.25) is 0 Å². The second-order valence-electron chi connectivity index (χ2n) is 8.90. The van der Waals surface area contributed by atoms with Crippen molar-refractivity contribution < 1.29 is 29.4 Å². The van der Waals surface area contributed by atoms with Crippen LogP contribution in [0.4, 0.5) is 0 Å². The molecule has 14 heteroatoms. The lowest BCUT2D eigenvalue weighted by Crippen LogP contribution is -2.56. The number of guanidine groups is 1. The van der Waals surface area contributed by atoms with Gasteiger partial charge in [-0.1, -0.05) is 12.1 Å². The highest BCUT2D eigenvalue weighted by atomic mass is 16.4. The van der Waals surface area contributed by atoms with Crippen molar-refractivity contribution in [1.29, 1.82) is 0 Å². The molecular formula is C24H40N8O6. The minimum atomic E-state index is -1.19. The number of nitrogens with two attached hydrogens (primary N) is 4. The minimum absolute atomic E-state index is 0.0766. The molecule has 38 heavy (non-hydrogen) atoms. The van der Waals surface area contributed by atoms with Crippen LogP contribution in [0.3, 0.4) is 0 Å². The molecule has 0 aliphatic heterocycles. The van der Waals surface area contributed by atoms with Gasteiger partial charge < -0.3 is 49.1 Å². The number of carbonyl (C=O) groups excluding carboxylic acids is 3. The first-order valence-corrected chi connectivity index (χ1v) is 12.4. The zero-order valence-electron chi connectivity index (χ0n) is 21.6. The highest BCUT2D eigenvalue weighted by Crippen LogP contribution is 2.11. The molecule has 0 saturated heterocycles. The van der Waals surface area contributed by atoms with E-state index in [0.29, 0.717) is 31.4 Å². The van der Waals surface area contributed by atoms with Gasteiger partial charge in [-0.25, -0.2) is 4.79 Å². The Morgan fingerprint density at radius 3 is 2.08 bits per heavy atom. The fraction of sp³-hybridized carbons (Fsp3) is 0.542. The standard InChI is InChI=1S/C24H40N8O6/c1-14(20(34)32-19(23(37)38)5-2-3-11-25)30-22(36)18(6-4-12-29-24(27)28)31-21(35)17(26)13-15-7-9-16(33)10-8-15/h7-10,14,17-19,33H,2-6,11-13,25-26H2,1H3,(H,30,36)(H,31,35)(H,32,34)(H,37,38)(H4,27,28,29). The number of aromatic hydroxyl groups is 1. The van der Waals surface area contributed by atoms with Crippen molar-refractivity contribution in [2.45, 2.75) is 69.6 Å². The van der Waals surface area contributed by atoms with Gasteiger partial charge in [0.25, 0.3) is 0 Å². The summed E-state index contributed by atoms with van der Waals surface area (Å²) in [5.74, 6) is -3.17. The van der Waals surface area contributed by atoms with E-state index in [4.69, 9.17) is 22.9 Å². The summed E-state index contributed by atoms with van der Waals surface area (Å²) in [4.78, 5) is 53.6. The van der Waals surface area contributed by atoms with E-state index in [-0.39, 0.29) is 37.5 Å². The minimum Gasteiger partial charge on any atom is -0.508 e. The van der Waals surface area contributed by atoms with Crippen molar-refractivity contribution >= 4 is 29.7 Å². The second kappa shape index (κ2) is 16.8. The quantitative estimate of drug-likeness (QED) is 0.0600. The predicted octanol–water partition coefficient (Wildman–Crippen LogP) is -2.00. The first kappa shape index (κ1) is 32.1. The molecule has 212 valence electrons. The van der Waals surface area contributed by atoms with Crippen molar-refractivity contribution in [3.05, 3.63) is 29.8 Å². The number of aliphatic carboxylic acids is 1. The van der Waals surface area contributed by atoms with E-state index in [1.54, 1.807) is 12.1 Å². The van der Waals surface area contributed by atoms with Gasteiger partial charge in [0.2, 0.25) is 17.7 Å². The van der Waals surface area contributed by atoms with E-state index in [2.05, 4.69) is 20.9 Å². The smallest absolute Gasteiger partial charge is 0.326 e. The summed E-state index contributed by atoms with van der Waals surface area (Å²) < 4.78 is 0. The Kier molecular flexibility index (Phi) is 14.2. The molecular weight excluding hydrogens is 496 g/mol. The van der Waals surface area contributed by atoms with Crippen LogP contribution in [0.25, 0.3) is 0 Å². The summed E-state index contributed by atoms with van der Waals surface area (Å²) >= 11 is 0. The lowest BCUT2D eigenvalue weighted by molar-refractivity contribution is -0.142. The van der Waals surface area contributed by atoms with Crippen molar-refractivity contribution in [2.75, 3.05) is 13.1 Å². The monoisotopic (exact) mass is 536 g/mol. The van der Waals surface area contributed by atoms with Crippen LogP contribution in [-0.2, 0) is 25.6 Å². The van der Waals surface area contributed by atoms with Gasteiger partial charge >= 0.3 is 5.97 Å². The zero-order chi connectivity index (χ0) is 28.7. The molecule has 3 amide bonds. The molecule has 4 unspecified atom stereocenters. The molecule has 0 fully saturated rings. The number of carboxylic acids is 1.